The molecule has 9 heteroatoms. The SMILES string of the molecule is CSCC[C@H](N)C(=O)O.[O]=[W](=[O])([OH])[OH]. The van der Waals surface area contributed by atoms with Gasteiger partial charge < -0.3 is 10.8 Å². The van der Waals surface area contributed by atoms with Gasteiger partial charge in [0.1, 0.15) is 6.04 Å². The van der Waals surface area contributed by atoms with Crippen LogP contribution >= 0.6 is 11.8 Å². The molecule has 0 aromatic heterocycles. The van der Waals surface area contributed by atoms with Crippen LogP contribution in [0.15, 0.2) is 0 Å². The molecule has 0 aliphatic heterocycles. The van der Waals surface area contributed by atoms with Crippen molar-refractivity contribution in [3.63, 3.8) is 0 Å². The Labute approximate surface area is 89.0 Å². The van der Waals surface area contributed by atoms with Crippen LogP contribution in [-0.4, -0.2) is 36.6 Å². The summed E-state index contributed by atoms with van der Waals surface area (Å²) >= 11 is -4.06. The van der Waals surface area contributed by atoms with E-state index in [-0.39, 0.29) is 0 Å². The Bertz CT molecular complexity index is 245. The molecule has 0 amide bonds. The minimum atomic E-state index is -5.67. The predicted molar refractivity (Wildman–Crippen MR) is 44.4 cm³/mol. The Kier molecular flexibility index (Phi) is 9.75. The van der Waals surface area contributed by atoms with Crippen LogP contribution in [0.2, 0.25) is 0 Å². The summed E-state index contributed by atoms with van der Waals surface area (Å²) in [5.41, 5.74) is 5.19. The zero-order valence-electron chi connectivity index (χ0n) is 7.45. The summed E-state index contributed by atoms with van der Waals surface area (Å²) in [6.07, 6.45) is 2.48. The van der Waals surface area contributed by atoms with E-state index in [2.05, 4.69) is 0 Å². The molecule has 0 aliphatic rings. The number of carboxylic acids is 1. The van der Waals surface area contributed by atoms with Crippen molar-refractivity contribution in [3.05, 3.63) is 0 Å². The van der Waals surface area contributed by atoms with Gasteiger partial charge in [0.05, 0.1) is 0 Å². The van der Waals surface area contributed by atoms with Crippen LogP contribution in [0.3, 0.4) is 0 Å². The van der Waals surface area contributed by atoms with Gasteiger partial charge in [-0.3, -0.25) is 4.79 Å². The molecule has 0 heterocycles. The van der Waals surface area contributed by atoms with E-state index in [4.69, 9.17) is 25.2 Å². The summed E-state index contributed by atoms with van der Waals surface area (Å²) in [5.74, 6) is -0.1000. The first-order valence-corrected chi connectivity index (χ1v) is 9.77. The molecule has 0 fully saturated rings. The van der Waals surface area contributed by atoms with Gasteiger partial charge in [0.25, 0.3) is 0 Å². The molecule has 0 spiro atoms. The molecule has 86 valence electrons. The van der Waals surface area contributed by atoms with Gasteiger partial charge in [0.15, 0.2) is 0 Å². The number of aliphatic carboxylic acids is 1. The van der Waals surface area contributed by atoms with Gasteiger partial charge in [-0.2, -0.15) is 11.8 Å². The molecule has 0 bridgehead atoms. The summed E-state index contributed by atoms with van der Waals surface area (Å²) in [4.78, 5) is 10.1. The second-order valence-electron chi connectivity index (χ2n) is 2.17. The molecule has 0 saturated carbocycles. The summed E-state index contributed by atoms with van der Waals surface area (Å²) in [6, 6.07) is -0.683. The van der Waals surface area contributed by atoms with Gasteiger partial charge in [-0.05, 0) is 18.4 Å². The van der Waals surface area contributed by atoms with Crippen LogP contribution < -0.4 is 5.73 Å². The monoisotopic (exact) mass is 399 g/mol. The molecule has 0 rings (SSSR count). The zero-order chi connectivity index (χ0) is 11.8. The van der Waals surface area contributed by atoms with Gasteiger partial charge in [0, 0.05) is 0 Å². The number of carboxylic acid groups (broad SMARTS) is 1. The molecule has 0 radical (unpaired) electrons. The van der Waals surface area contributed by atoms with Crippen LogP contribution in [-0.2, 0) is 28.3 Å². The van der Waals surface area contributed by atoms with E-state index in [0.717, 1.165) is 5.75 Å². The van der Waals surface area contributed by atoms with Gasteiger partial charge in [-0.1, -0.05) is 0 Å². The van der Waals surface area contributed by atoms with Crippen molar-refractivity contribution in [3.8, 4) is 0 Å². The number of rotatable bonds is 4. The Morgan fingerprint density at radius 2 is 1.86 bits per heavy atom. The van der Waals surface area contributed by atoms with E-state index in [1.165, 1.54) is 0 Å². The molecule has 0 aliphatic carbocycles. The average molecular weight is 399 g/mol. The van der Waals surface area contributed by atoms with Gasteiger partial charge >= 0.3 is 37.0 Å². The Balaban J connectivity index is 0. The van der Waals surface area contributed by atoms with Crippen molar-refractivity contribution in [2.75, 3.05) is 12.0 Å². The van der Waals surface area contributed by atoms with Crippen LogP contribution in [0.4, 0.5) is 0 Å². The number of thioether (sulfide) groups is 1. The first-order chi connectivity index (χ1) is 6.18. The molecule has 0 saturated heterocycles. The third-order valence-electron chi connectivity index (χ3n) is 0.950. The number of hydrogen-bond acceptors (Lipinski definition) is 5. The van der Waals surface area contributed by atoms with Crippen molar-refractivity contribution in [1.29, 1.82) is 0 Å². The summed E-state index contributed by atoms with van der Waals surface area (Å²) in [5, 5.41) is 8.27. The third-order valence-corrected chi connectivity index (χ3v) is 1.59. The third kappa shape index (κ3) is 22.7. The Hall–Kier alpha value is -0.0117. The van der Waals surface area contributed by atoms with Crippen LogP contribution in [0.5, 0.6) is 0 Å². The minimum absolute atomic E-state index is 0.552. The van der Waals surface area contributed by atoms with E-state index < -0.39 is 28.8 Å². The standard InChI is InChI=1S/C5H11NO2S.2H2O.2O.W/c1-9-3-2-4(6)5(7)8;;;;;/h4H,2-3,6H2,1H3,(H,7,8);2*1H2;;;/q;;;;;+2/p-2/t4-;;;;;/m0...../s1. The summed E-state index contributed by atoms with van der Waals surface area (Å²) < 4.78 is 32.1. The fraction of sp³-hybridized carbons (Fsp3) is 0.800. The molecular formula is C5H13NO6SW. The first kappa shape index (κ1) is 16.4. The van der Waals surface area contributed by atoms with Gasteiger partial charge in [0.2, 0.25) is 0 Å². The van der Waals surface area contributed by atoms with E-state index in [1.807, 2.05) is 6.26 Å². The second-order valence-corrected chi connectivity index (χ2v) is 6.38. The van der Waals surface area contributed by atoms with Crippen LogP contribution in [0, 0.1) is 0 Å². The molecule has 1 atom stereocenters. The quantitative estimate of drug-likeness (QED) is 0.463. The maximum absolute atomic E-state index is 10.1. The van der Waals surface area contributed by atoms with Crippen molar-refractivity contribution in [1.82, 2.24) is 0 Å². The van der Waals surface area contributed by atoms with Gasteiger partial charge in [-0.25, -0.2) is 0 Å². The first-order valence-electron chi connectivity index (χ1n) is 3.35. The Morgan fingerprint density at radius 1 is 1.50 bits per heavy atom. The van der Waals surface area contributed by atoms with Crippen LogP contribution in [0.25, 0.3) is 0 Å². The fourth-order valence-corrected chi connectivity index (χ4v) is 0.858. The summed E-state index contributed by atoms with van der Waals surface area (Å²) in [7, 11) is 0. The average Bonchev–Trinajstić information content (AvgIpc) is 1.96. The topological polar surface area (TPSA) is 138 Å². The van der Waals surface area contributed by atoms with Gasteiger partial charge in [-0.15, -0.1) is 0 Å². The molecular weight excluding hydrogens is 386 g/mol. The second kappa shape index (κ2) is 8.31. The van der Waals surface area contributed by atoms with E-state index >= 15 is 0 Å². The van der Waals surface area contributed by atoms with Crippen molar-refractivity contribution in [2.24, 2.45) is 5.73 Å². The van der Waals surface area contributed by atoms with Crippen molar-refractivity contribution in [2.45, 2.75) is 12.5 Å². The Morgan fingerprint density at radius 3 is 2.07 bits per heavy atom. The predicted octanol–water partition coefficient (Wildman–Crippen LogP) is -1.20. The molecule has 0 unspecified atom stereocenters. The number of carbonyl (C=O) groups is 1. The molecule has 0 aromatic rings. The van der Waals surface area contributed by atoms with E-state index in [9.17, 15) is 4.79 Å². The van der Waals surface area contributed by atoms with E-state index in [0.29, 0.717) is 6.42 Å². The van der Waals surface area contributed by atoms with Crippen LogP contribution in [0.1, 0.15) is 6.42 Å². The van der Waals surface area contributed by atoms with E-state index in [1.54, 1.807) is 11.8 Å². The molecule has 0 aromatic carbocycles. The molecule has 14 heavy (non-hydrogen) atoms. The number of nitrogens with two attached hydrogens (primary N) is 1. The summed E-state index contributed by atoms with van der Waals surface area (Å²) in [6.45, 7) is 0. The number of hydrogen-bond donors (Lipinski definition) is 4. The normalized spacial score (nSPS) is 12.6. The van der Waals surface area contributed by atoms with Crippen molar-refractivity contribution < 1.29 is 41.0 Å². The zero-order valence-corrected chi connectivity index (χ0v) is 11.2. The molecule has 7 nitrogen and oxygen atoms in total. The maximum atomic E-state index is 10.1. The fourth-order valence-electron chi connectivity index (χ4n) is 0.368. The molecule has 5 N–H and O–H groups in total. The van der Waals surface area contributed by atoms with Crippen molar-refractivity contribution >= 4 is 17.7 Å².